The molecule has 0 spiro atoms. The summed E-state index contributed by atoms with van der Waals surface area (Å²) in [6.07, 6.45) is 1.96. The van der Waals surface area contributed by atoms with Crippen LogP contribution in [-0.4, -0.2) is 34.5 Å². The minimum absolute atomic E-state index is 0.106. The third kappa shape index (κ3) is 6.33. The lowest BCUT2D eigenvalue weighted by atomic mass is 9.94. The lowest BCUT2D eigenvalue weighted by Crippen LogP contribution is -2.28. The zero-order chi connectivity index (χ0) is 37.4. The maximum Gasteiger partial charge on any atom is 0.164 e. The lowest BCUT2D eigenvalue weighted by Gasteiger charge is -2.31. The molecule has 0 fully saturated rings. The maximum atomic E-state index is 5.06. The van der Waals surface area contributed by atoms with Gasteiger partial charge < -0.3 is 4.57 Å². The molecule has 0 aliphatic rings. The van der Waals surface area contributed by atoms with E-state index in [-0.39, 0.29) is 5.54 Å². The first-order chi connectivity index (χ1) is 27.0. The van der Waals surface area contributed by atoms with Crippen molar-refractivity contribution in [3.63, 3.8) is 0 Å². The van der Waals surface area contributed by atoms with Gasteiger partial charge in [0.05, 0.1) is 0 Å². The van der Waals surface area contributed by atoms with Gasteiger partial charge in [0.1, 0.15) is 0 Å². The van der Waals surface area contributed by atoms with Gasteiger partial charge in [-0.2, -0.15) is 0 Å². The Bertz CT molecular complexity index is 2480. The Morgan fingerprint density at radius 1 is 0.364 bits per heavy atom. The maximum absolute atomic E-state index is 5.06. The molecular weight excluding hydrogens is 675 g/mol. The number of benzene rings is 6. The molecule has 0 aliphatic heterocycles. The first-order valence-corrected chi connectivity index (χ1v) is 18.8. The predicted molar refractivity (Wildman–Crippen MR) is 223 cm³/mol. The second-order valence-corrected chi connectivity index (χ2v) is 14.1. The van der Waals surface area contributed by atoms with Gasteiger partial charge in [-0.15, -0.1) is 0 Å². The summed E-state index contributed by atoms with van der Waals surface area (Å²) in [5.74, 6) is 3.79. The molecule has 55 heavy (non-hydrogen) atoms. The number of fused-ring (bicyclic) bond motifs is 3. The topological polar surface area (TPSA) is 82.3 Å². The summed E-state index contributed by atoms with van der Waals surface area (Å²) in [6, 6.07) is 53.6. The Hall–Kier alpha value is -6.86. The second-order valence-electron chi connectivity index (χ2n) is 14.1. The monoisotopic (exact) mass is 713 g/mol. The Morgan fingerprint density at radius 3 is 0.909 bits per heavy atom. The van der Waals surface area contributed by atoms with E-state index in [4.69, 9.17) is 29.9 Å². The SMILES string of the molecule is CCC(C)(CC)n1c2ccc(-c3nc(-c4ccccc4)nc(-c4ccccc4)n3)cc2c2cc(-c3nc(-c4ccccc4)nc(-c4ccccc4)n3)ccc21. The lowest BCUT2D eigenvalue weighted by molar-refractivity contribution is 0.313. The number of hydrogen-bond acceptors (Lipinski definition) is 6. The molecule has 7 heteroatoms. The highest BCUT2D eigenvalue weighted by Crippen LogP contribution is 2.40. The van der Waals surface area contributed by atoms with Crippen LogP contribution in [0.25, 0.3) is 90.1 Å². The molecule has 0 N–H and O–H groups in total. The quantitative estimate of drug-likeness (QED) is 0.148. The Morgan fingerprint density at radius 2 is 0.636 bits per heavy atom. The molecule has 6 aromatic carbocycles. The van der Waals surface area contributed by atoms with E-state index in [9.17, 15) is 0 Å². The van der Waals surface area contributed by atoms with Crippen LogP contribution in [0, 0.1) is 0 Å². The Balaban J connectivity index is 1.27. The van der Waals surface area contributed by atoms with E-state index in [0.29, 0.717) is 34.9 Å². The molecule has 0 radical (unpaired) electrons. The summed E-state index contributed by atoms with van der Waals surface area (Å²) in [5.41, 5.74) is 7.81. The number of nitrogens with zero attached hydrogens (tertiary/aromatic N) is 7. The summed E-state index contributed by atoms with van der Waals surface area (Å²) in [5, 5.41) is 2.23. The molecule has 3 heterocycles. The van der Waals surface area contributed by atoms with Gasteiger partial charge >= 0.3 is 0 Å². The fourth-order valence-corrected chi connectivity index (χ4v) is 7.32. The molecular formula is C48H39N7. The van der Waals surface area contributed by atoms with Crippen LogP contribution in [0.1, 0.15) is 33.6 Å². The molecule has 0 amide bonds. The summed E-state index contributed by atoms with van der Waals surface area (Å²) < 4.78 is 2.52. The smallest absolute Gasteiger partial charge is 0.164 e. The highest BCUT2D eigenvalue weighted by atomic mass is 15.1. The average Bonchev–Trinajstić information content (AvgIpc) is 3.60. The number of aromatic nitrogens is 7. The van der Waals surface area contributed by atoms with Crippen molar-refractivity contribution >= 4 is 21.8 Å². The normalized spacial score (nSPS) is 11.7. The minimum atomic E-state index is -0.106. The molecule has 266 valence electrons. The third-order valence-corrected chi connectivity index (χ3v) is 10.7. The minimum Gasteiger partial charge on any atom is -0.335 e. The van der Waals surface area contributed by atoms with Crippen molar-refractivity contribution in [2.45, 2.75) is 39.2 Å². The van der Waals surface area contributed by atoms with E-state index in [0.717, 1.165) is 68.0 Å². The van der Waals surface area contributed by atoms with E-state index >= 15 is 0 Å². The standard InChI is InChI=1S/C48H39N7/c1-4-48(3,5-2)55-40-28-26-36(46-51-42(32-18-10-6-11-19-32)49-43(52-46)33-20-12-7-13-21-33)30-38(40)39-31-37(27-29-41(39)55)47-53-44(34-22-14-8-15-23-34)50-45(54-47)35-24-16-9-17-25-35/h6-31H,4-5H2,1-3H3. The first kappa shape index (κ1) is 33.9. The highest BCUT2D eigenvalue weighted by molar-refractivity contribution is 6.10. The fraction of sp³-hybridized carbons (Fsp3) is 0.125. The van der Waals surface area contributed by atoms with Gasteiger partial charge in [0, 0.05) is 60.7 Å². The van der Waals surface area contributed by atoms with Crippen LogP contribution < -0.4 is 0 Å². The summed E-state index contributed by atoms with van der Waals surface area (Å²) >= 11 is 0. The van der Waals surface area contributed by atoms with Crippen LogP contribution in [0.4, 0.5) is 0 Å². The zero-order valence-corrected chi connectivity index (χ0v) is 31.1. The molecule has 0 bridgehead atoms. The van der Waals surface area contributed by atoms with Crippen LogP contribution in [0.2, 0.25) is 0 Å². The Labute approximate surface area is 320 Å². The van der Waals surface area contributed by atoms with Crippen molar-refractivity contribution in [2.24, 2.45) is 0 Å². The molecule has 0 saturated heterocycles. The van der Waals surface area contributed by atoms with E-state index in [1.165, 1.54) is 0 Å². The molecule has 0 unspecified atom stereocenters. The summed E-state index contributed by atoms with van der Waals surface area (Å²) in [6.45, 7) is 6.89. The van der Waals surface area contributed by atoms with Gasteiger partial charge in [0.25, 0.3) is 0 Å². The van der Waals surface area contributed by atoms with Crippen LogP contribution in [0.15, 0.2) is 158 Å². The largest absolute Gasteiger partial charge is 0.335 e. The first-order valence-electron chi connectivity index (χ1n) is 18.8. The van der Waals surface area contributed by atoms with Gasteiger partial charge in [0.15, 0.2) is 34.9 Å². The van der Waals surface area contributed by atoms with Crippen LogP contribution in [0.3, 0.4) is 0 Å². The summed E-state index contributed by atoms with van der Waals surface area (Å²) in [7, 11) is 0. The van der Waals surface area contributed by atoms with Crippen molar-refractivity contribution in [3.8, 4) is 68.3 Å². The van der Waals surface area contributed by atoms with Crippen molar-refractivity contribution in [1.29, 1.82) is 0 Å². The van der Waals surface area contributed by atoms with Crippen LogP contribution >= 0.6 is 0 Å². The van der Waals surface area contributed by atoms with E-state index < -0.39 is 0 Å². The number of hydrogen-bond donors (Lipinski definition) is 0. The van der Waals surface area contributed by atoms with Crippen LogP contribution in [-0.2, 0) is 5.54 Å². The van der Waals surface area contributed by atoms with E-state index in [2.05, 4.69) is 61.7 Å². The predicted octanol–water partition coefficient (Wildman–Crippen LogP) is 11.7. The van der Waals surface area contributed by atoms with Gasteiger partial charge in [0.2, 0.25) is 0 Å². The van der Waals surface area contributed by atoms with Gasteiger partial charge in [-0.05, 0) is 56.2 Å². The van der Waals surface area contributed by atoms with Gasteiger partial charge in [-0.3, -0.25) is 0 Å². The van der Waals surface area contributed by atoms with Gasteiger partial charge in [-0.1, -0.05) is 135 Å². The molecule has 3 aromatic heterocycles. The van der Waals surface area contributed by atoms with Crippen molar-refractivity contribution in [2.75, 3.05) is 0 Å². The third-order valence-electron chi connectivity index (χ3n) is 10.7. The highest BCUT2D eigenvalue weighted by Gasteiger charge is 2.27. The molecule has 0 saturated carbocycles. The summed E-state index contributed by atoms with van der Waals surface area (Å²) in [4.78, 5) is 30.1. The number of rotatable bonds is 9. The molecule has 7 nitrogen and oxygen atoms in total. The van der Waals surface area contributed by atoms with Crippen molar-refractivity contribution in [1.82, 2.24) is 34.5 Å². The zero-order valence-electron chi connectivity index (χ0n) is 31.1. The molecule has 9 rings (SSSR count). The fourth-order valence-electron chi connectivity index (χ4n) is 7.32. The van der Waals surface area contributed by atoms with E-state index in [1.807, 2.05) is 121 Å². The Kier molecular flexibility index (Phi) is 8.75. The van der Waals surface area contributed by atoms with Crippen LogP contribution in [0.5, 0.6) is 0 Å². The van der Waals surface area contributed by atoms with Crippen molar-refractivity contribution in [3.05, 3.63) is 158 Å². The second kappa shape index (κ2) is 14.2. The van der Waals surface area contributed by atoms with E-state index in [1.54, 1.807) is 0 Å². The van der Waals surface area contributed by atoms with Crippen molar-refractivity contribution < 1.29 is 0 Å². The van der Waals surface area contributed by atoms with Gasteiger partial charge in [-0.25, -0.2) is 29.9 Å². The molecule has 0 atom stereocenters. The average molecular weight is 714 g/mol. The molecule has 0 aliphatic carbocycles. The molecule has 9 aromatic rings.